The summed E-state index contributed by atoms with van der Waals surface area (Å²) in [6.07, 6.45) is 7.78. The Kier molecular flexibility index (Phi) is 6.46. The first kappa shape index (κ1) is 28.4. The maximum Gasteiger partial charge on any atom is 0.331 e. The van der Waals surface area contributed by atoms with Crippen molar-refractivity contribution < 1.29 is 43.5 Å². The summed E-state index contributed by atoms with van der Waals surface area (Å²) >= 11 is 0. The lowest BCUT2D eigenvalue weighted by molar-refractivity contribution is -0.278. The Hall–Kier alpha value is -1.36. The molecule has 7 rings (SSSR count). The molecule has 9 heteroatoms. The molecule has 2 saturated heterocycles. The van der Waals surface area contributed by atoms with Crippen LogP contribution in [-0.2, 0) is 33.3 Å². The summed E-state index contributed by atoms with van der Waals surface area (Å²) in [6.45, 7) is 8.28. The first-order valence-corrected chi connectivity index (χ1v) is 15.8. The smallest absolute Gasteiger partial charge is 0.331 e. The van der Waals surface area contributed by atoms with E-state index < -0.39 is 28.7 Å². The number of cyclic esters (lactones) is 1. The van der Waals surface area contributed by atoms with Crippen molar-refractivity contribution in [3.8, 4) is 0 Å². The maximum atomic E-state index is 13.1. The third-order valence-electron chi connectivity index (χ3n) is 12.7. The first-order chi connectivity index (χ1) is 19.3. The van der Waals surface area contributed by atoms with Gasteiger partial charge in [0.1, 0.15) is 19.0 Å². The van der Waals surface area contributed by atoms with Gasteiger partial charge in [-0.25, -0.2) is 4.79 Å². The second-order valence-corrected chi connectivity index (χ2v) is 14.9. The van der Waals surface area contributed by atoms with Crippen LogP contribution >= 0.6 is 0 Å². The monoisotopic (exact) mass is 574 g/mol. The van der Waals surface area contributed by atoms with E-state index in [1.807, 2.05) is 20.8 Å². The Labute approximate surface area is 242 Å². The molecule has 228 valence electrons. The van der Waals surface area contributed by atoms with E-state index in [0.717, 1.165) is 31.1 Å². The average molecular weight is 575 g/mol. The van der Waals surface area contributed by atoms with Crippen LogP contribution in [0.25, 0.3) is 0 Å². The average Bonchev–Trinajstić information content (AvgIpc) is 3.55. The highest BCUT2D eigenvalue weighted by Gasteiger charge is 2.71. The highest BCUT2D eigenvalue weighted by Crippen LogP contribution is 2.70. The highest BCUT2D eigenvalue weighted by molar-refractivity contribution is 5.85. The lowest BCUT2D eigenvalue weighted by Gasteiger charge is -2.65. The molecule has 4 saturated carbocycles. The number of hydrogen-bond acceptors (Lipinski definition) is 9. The van der Waals surface area contributed by atoms with Gasteiger partial charge in [0.2, 0.25) is 0 Å². The summed E-state index contributed by atoms with van der Waals surface area (Å²) in [7, 11) is 0. The quantitative estimate of drug-likeness (QED) is 0.295. The third-order valence-corrected chi connectivity index (χ3v) is 12.7. The Morgan fingerprint density at radius 1 is 1.00 bits per heavy atom. The predicted octanol–water partition coefficient (Wildman–Crippen LogP) is 3.58. The molecule has 7 aliphatic rings. The molecule has 0 spiro atoms. The topological polar surface area (TPSA) is 121 Å². The zero-order valence-electron chi connectivity index (χ0n) is 24.8. The van der Waals surface area contributed by atoms with Crippen LogP contribution in [0.4, 0.5) is 0 Å². The number of esters is 1. The fourth-order valence-corrected chi connectivity index (χ4v) is 10.7. The molecule has 6 fully saturated rings. The number of ether oxygens (including phenoxy) is 5. The molecule has 0 unspecified atom stereocenters. The summed E-state index contributed by atoms with van der Waals surface area (Å²) in [5, 5.41) is 24.7. The van der Waals surface area contributed by atoms with Gasteiger partial charge in [0, 0.05) is 24.3 Å². The number of carbonyl (C=O) groups is 2. The van der Waals surface area contributed by atoms with Crippen molar-refractivity contribution in [1.82, 2.24) is 0 Å². The second kappa shape index (κ2) is 9.32. The number of aldehydes is 1. The van der Waals surface area contributed by atoms with Crippen LogP contribution in [0.5, 0.6) is 0 Å². The van der Waals surface area contributed by atoms with Crippen LogP contribution in [0.3, 0.4) is 0 Å². The van der Waals surface area contributed by atoms with Gasteiger partial charge in [-0.2, -0.15) is 0 Å². The number of carbonyl (C=O) groups excluding carboxylic acids is 2. The predicted molar refractivity (Wildman–Crippen MR) is 145 cm³/mol. The van der Waals surface area contributed by atoms with E-state index in [-0.39, 0.29) is 53.6 Å². The third kappa shape index (κ3) is 4.02. The van der Waals surface area contributed by atoms with Gasteiger partial charge in [-0.05, 0) is 95.5 Å². The zero-order chi connectivity index (χ0) is 29.0. The molecule has 0 aromatic carbocycles. The van der Waals surface area contributed by atoms with Crippen molar-refractivity contribution in [3.05, 3.63) is 11.6 Å². The van der Waals surface area contributed by atoms with Gasteiger partial charge in [0.05, 0.1) is 34.9 Å². The Balaban J connectivity index is 1.08. The van der Waals surface area contributed by atoms with E-state index in [0.29, 0.717) is 51.6 Å². The highest BCUT2D eigenvalue weighted by atomic mass is 16.8. The standard InChI is InChI=1S/C32H46O9/c1-18-27-24(40-28(2,3)41-27)14-26(38-18)39-20-5-10-30(17-33)22-6-9-29(4)21(19-13-25(34)37-16-19)8-12-32(29,36)23(22)7-11-31(30,35)15-20/h13,17-18,20-24,26-27,35-36H,5-12,14-16H2,1-4H3/t18-,20-,21-,22+,23-,24-,26+,27-,29-,30+,31+,32-/m1/s1. The van der Waals surface area contributed by atoms with Crippen molar-refractivity contribution in [2.75, 3.05) is 6.61 Å². The number of fused-ring (bicyclic) bond motifs is 6. The van der Waals surface area contributed by atoms with Gasteiger partial charge in [-0.1, -0.05) is 6.92 Å². The van der Waals surface area contributed by atoms with Crippen molar-refractivity contribution in [2.24, 2.45) is 28.6 Å². The summed E-state index contributed by atoms with van der Waals surface area (Å²) in [4.78, 5) is 24.9. The van der Waals surface area contributed by atoms with E-state index in [1.54, 1.807) is 6.08 Å². The SMILES string of the molecule is C[C@H]1O[C@@H](O[C@@H]2CC[C@]3(C=O)[C@H]4CC[C@]5(C)[C@@H](C6=CC(=O)OC6)CC[C@@]5(O)[C@@H]4CC[C@]3(O)C2)C[C@H]2OC(C)(C)O[C@H]12. The van der Waals surface area contributed by atoms with Crippen LogP contribution in [0.1, 0.15) is 91.9 Å². The number of hydrogen-bond donors (Lipinski definition) is 2. The van der Waals surface area contributed by atoms with Gasteiger partial charge >= 0.3 is 5.97 Å². The fourth-order valence-electron chi connectivity index (χ4n) is 10.7. The Bertz CT molecular complexity index is 1140. The van der Waals surface area contributed by atoms with Crippen LogP contribution in [0.2, 0.25) is 0 Å². The molecular formula is C32H46O9. The van der Waals surface area contributed by atoms with Gasteiger partial charge in [-0.3, -0.25) is 0 Å². The summed E-state index contributed by atoms with van der Waals surface area (Å²) in [5.74, 6) is -1.02. The minimum atomic E-state index is -1.19. The van der Waals surface area contributed by atoms with E-state index in [4.69, 9.17) is 23.7 Å². The molecule has 0 bridgehead atoms. The molecule has 3 aliphatic heterocycles. The lowest BCUT2D eigenvalue weighted by atomic mass is 9.41. The zero-order valence-corrected chi connectivity index (χ0v) is 24.8. The summed E-state index contributed by atoms with van der Waals surface area (Å²) in [6, 6.07) is 0. The molecule has 4 aliphatic carbocycles. The molecule has 0 amide bonds. The molecule has 9 nitrogen and oxygen atoms in total. The fraction of sp³-hybridized carbons (Fsp3) is 0.875. The summed E-state index contributed by atoms with van der Waals surface area (Å²) in [5.41, 5.74) is -2.44. The molecule has 2 N–H and O–H groups in total. The van der Waals surface area contributed by atoms with Crippen LogP contribution < -0.4 is 0 Å². The Morgan fingerprint density at radius 2 is 1.78 bits per heavy atom. The molecule has 0 aromatic rings. The van der Waals surface area contributed by atoms with Gasteiger partial charge in [-0.15, -0.1) is 0 Å². The maximum absolute atomic E-state index is 13.1. The van der Waals surface area contributed by atoms with Crippen molar-refractivity contribution in [2.45, 2.75) is 140 Å². The summed E-state index contributed by atoms with van der Waals surface area (Å²) < 4.78 is 30.0. The molecular weight excluding hydrogens is 528 g/mol. The van der Waals surface area contributed by atoms with Crippen molar-refractivity contribution in [3.63, 3.8) is 0 Å². The number of aliphatic hydroxyl groups is 2. The minimum Gasteiger partial charge on any atom is -0.458 e. The van der Waals surface area contributed by atoms with E-state index >= 15 is 0 Å². The minimum absolute atomic E-state index is 0.0739. The second-order valence-electron chi connectivity index (χ2n) is 14.9. The largest absolute Gasteiger partial charge is 0.458 e. The molecule has 12 atom stereocenters. The Morgan fingerprint density at radius 3 is 2.51 bits per heavy atom. The molecule has 3 heterocycles. The first-order valence-electron chi connectivity index (χ1n) is 15.8. The van der Waals surface area contributed by atoms with Crippen LogP contribution in [-0.4, -0.2) is 76.8 Å². The van der Waals surface area contributed by atoms with E-state index in [1.165, 1.54) is 0 Å². The van der Waals surface area contributed by atoms with Crippen molar-refractivity contribution in [1.29, 1.82) is 0 Å². The van der Waals surface area contributed by atoms with Gasteiger partial charge in [0.15, 0.2) is 12.1 Å². The molecule has 41 heavy (non-hydrogen) atoms. The van der Waals surface area contributed by atoms with Crippen molar-refractivity contribution >= 4 is 12.3 Å². The molecule has 0 aromatic heterocycles. The van der Waals surface area contributed by atoms with E-state index in [9.17, 15) is 19.8 Å². The van der Waals surface area contributed by atoms with E-state index in [2.05, 4.69) is 6.92 Å². The van der Waals surface area contributed by atoms with Gasteiger partial charge < -0.3 is 38.7 Å². The van der Waals surface area contributed by atoms with Gasteiger partial charge in [0.25, 0.3) is 0 Å². The molecule has 0 radical (unpaired) electrons. The number of rotatable bonds is 4. The lowest BCUT2D eigenvalue weighted by Crippen LogP contribution is -2.69. The van der Waals surface area contributed by atoms with Crippen LogP contribution in [0, 0.1) is 28.6 Å². The normalized spacial score (nSPS) is 53.9. The van der Waals surface area contributed by atoms with Crippen LogP contribution in [0.15, 0.2) is 11.6 Å².